The number of ether oxygens (including phenoxy) is 1. The number of nitrogens with zero attached hydrogens (tertiary/aromatic N) is 1. The maximum atomic E-state index is 13.0. The second kappa shape index (κ2) is 9.59. The number of nitrogens with one attached hydrogen (secondary N) is 2. The third kappa shape index (κ3) is 5.73. The fourth-order valence-electron chi connectivity index (χ4n) is 5.36. The molecule has 0 saturated carbocycles. The Morgan fingerprint density at radius 1 is 1.00 bits per heavy atom. The lowest BCUT2D eigenvalue weighted by Crippen LogP contribution is -2.62. The van der Waals surface area contributed by atoms with Crippen LogP contribution in [0.5, 0.6) is 11.5 Å². The third-order valence-corrected chi connectivity index (χ3v) is 6.75. The van der Waals surface area contributed by atoms with Crippen LogP contribution < -0.4 is 15.4 Å². The average Bonchev–Trinajstić information content (AvgIpc) is 3.27. The molecule has 2 fully saturated rings. The van der Waals surface area contributed by atoms with E-state index >= 15 is 0 Å². The van der Waals surface area contributed by atoms with E-state index in [-0.39, 0.29) is 28.9 Å². The molecule has 2 aromatic rings. The summed E-state index contributed by atoms with van der Waals surface area (Å²) in [6, 6.07) is 12.3. The van der Waals surface area contributed by atoms with Gasteiger partial charge in [-0.05, 0) is 83.7 Å². The average molecular weight is 484 g/mol. The lowest BCUT2D eigenvalue weighted by molar-refractivity contribution is 0.0789. The number of amides is 2. The lowest BCUT2D eigenvalue weighted by Gasteiger charge is -2.46. The molecule has 2 aliphatic rings. The molecule has 0 aromatic heterocycles. The fraction of sp³-hybridized carbons (Fsp3) is 0.481. The summed E-state index contributed by atoms with van der Waals surface area (Å²) in [6.45, 7) is 10.2. The molecular weight excluding hydrogens is 450 g/mol. The fourth-order valence-corrected chi connectivity index (χ4v) is 5.58. The van der Waals surface area contributed by atoms with E-state index in [2.05, 4.69) is 38.3 Å². The van der Waals surface area contributed by atoms with Crippen LogP contribution in [0.3, 0.4) is 0 Å². The first-order valence-corrected chi connectivity index (χ1v) is 12.4. The van der Waals surface area contributed by atoms with Gasteiger partial charge < -0.3 is 20.3 Å². The van der Waals surface area contributed by atoms with Crippen LogP contribution in [0.25, 0.3) is 0 Å². The van der Waals surface area contributed by atoms with Crippen molar-refractivity contribution < 1.29 is 14.3 Å². The summed E-state index contributed by atoms with van der Waals surface area (Å²) >= 11 is 6.51. The Morgan fingerprint density at radius 2 is 1.65 bits per heavy atom. The first kappa shape index (κ1) is 24.6. The van der Waals surface area contributed by atoms with Gasteiger partial charge in [0.25, 0.3) is 11.8 Å². The molecule has 34 heavy (non-hydrogen) atoms. The number of rotatable bonds is 5. The van der Waals surface area contributed by atoms with Crippen LogP contribution in [0.4, 0.5) is 0 Å². The Morgan fingerprint density at radius 3 is 2.29 bits per heavy atom. The number of carbonyl (C=O) groups excluding carboxylic acids is 2. The second-order valence-electron chi connectivity index (χ2n) is 10.7. The molecular formula is C27H34ClN3O3. The monoisotopic (exact) mass is 483 g/mol. The van der Waals surface area contributed by atoms with Gasteiger partial charge in [0.15, 0.2) is 0 Å². The van der Waals surface area contributed by atoms with Crippen molar-refractivity contribution in [2.75, 3.05) is 13.1 Å². The van der Waals surface area contributed by atoms with Crippen molar-refractivity contribution in [3.63, 3.8) is 0 Å². The van der Waals surface area contributed by atoms with Crippen LogP contribution in [0.1, 0.15) is 74.1 Å². The number of likely N-dealkylation sites (tertiary alicyclic amines) is 1. The van der Waals surface area contributed by atoms with Crippen molar-refractivity contribution in [2.24, 2.45) is 0 Å². The Balaban J connectivity index is 1.47. The van der Waals surface area contributed by atoms with Gasteiger partial charge in [-0.1, -0.05) is 23.7 Å². The van der Waals surface area contributed by atoms with Gasteiger partial charge in [-0.25, -0.2) is 0 Å². The molecule has 0 aliphatic carbocycles. The number of piperidine rings is 1. The van der Waals surface area contributed by atoms with E-state index in [1.54, 1.807) is 30.3 Å². The zero-order valence-corrected chi connectivity index (χ0v) is 21.2. The maximum Gasteiger partial charge on any atom is 0.257 e. The smallest absolute Gasteiger partial charge is 0.257 e. The molecule has 0 unspecified atom stereocenters. The quantitative estimate of drug-likeness (QED) is 0.596. The summed E-state index contributed by atoms with van der Waals surface area (Å²) in [5, 5.41) is 7.12. The van der Waals surface area contributed by atoms with Crippen LogP contribution in [-0.2, 0) is 0 Å². The zero-order valence-electron chi connectivity index (χ0n) is 20.4. The standard InChI is InChI=1S/C27H34ClN3O3/c1-26(2)16-19(17-27(3,4)30-26)29-24(32)18-11-12-23(21(28)15-18)34-22-10-6-5-9-20(22)25(33)31-13-7-8-14-31/h5-6,9-12,15,19,30H,7-8,13-14,16-17H2,1-4H3,(H,29,32). The van der Waals surface area contributed by atoms with Crippen LogP contribution in [0.2, 0.25) is 5.02 Å². The molecule has 2 aromatic carbocycles. The highest BCUT2D eigenvalue weighted by molar-refractivity contribution is 6.32. The van der Waals surface area contributed by atoms with E-state index in [0.29, 0.717) is 27.6 Å². The Labute approximate surface area is 207 Å². The van der Waals surface area contributed by atoms with Gasteiger partial charge >= 0.3 is 0 Å². The molecule has 0 atom stereocenters. The number of hydrogen-bond acceptors (Lipinski definition) is 4. The predicted octanol–water partition coefficient (Wildman–Crippen LogP) is 5.41. The Hall–Kier alpha value is -2.57. The highest BCUT2D eigenvalue weighted by Crippen LogP contribution is 2.33. The summed E-state index contributed by atoms with van der Waals surface area (Å²) < 4.78 is 6.04. The summed E-state index contributed by atoms with van der Waals surface area (Å²) in [6.07, 6.45) is 3.74. The summed E-state index contributed by atoms with van der Waals surface area (Å²) in [5.74, 6) is 0.672. The molecule has 6 nitrogen and oxygen atoms in total. The number of benzene rings is 2. The first-order chi connectivity index (χ1) is 16.0. The number of halogens is 1. The lowest BCUT2D eigenvalue weighted by atomic mass is 9.79. The number of para-hydroxylation sites is 1. The zero-order chi connectivity index (χ0) is 24.5. The maximum absolute atomic E-state index is 13.0. The summed E-state index contributed by atoms with van der Waals surface area (Å²) in [4.78, 5) is 27.7. The highest BCUT2D eigenvalue weighted by Gasteiger charge is 2.38. The molecule has 7 heteroatoms. The van der Waals surface area contributed by atoms with Crippen molar-refractivity contribution in [3.8, 4) is 11.5 Å². The summed E-state index contributed by atoms with van der Waals surface area (Å²) in [5.41, 5.74) is 0.871. The third-order valence-electron chi connectivity index (χ3n) is 6.45. The van der Waals surface area contributed by atoms with Crippen molar-refractivity contribution in [3.05, 3.63) is 58.6 Å². The molecule has 0 bridgehead atoms. The Bertz CT molecular complexity index is 1060. The van der Waals surface area contributed by atoms with E-state index in [4.69, 9.17) is 16.3 Å². The van der Waals surface area contributed by atoms with Gasteiger partial charge in [-0.2, -0.15) is 0 Å². The second-order valence-corrected chi connectivity index (χ2v) is 11.1. The van der Waals surface area contributed by atoms with Crippen molar-refractivity contribution in [1.29, 1.82) is 0 Å². The molecule has 182 valence electrons. The van der Waals surface area contributed by atoms with Crippen molar-refractivity contribution in [1.82, 2.24) is 15.5 Å². The van der Waals surface area contributed by atoms with Crippen LogP contribution in [-0.4, -0.2) is 46.9 Å². The minimum atomic E-state index is -0.156. The van der Waals surface area contributed by atoms with E-state index in [0.717, 1.165) is 38.8 Å². The van der Waals surface area contributed by atoms with E-state index in [9.17, 15) is 9.59 Å². The molecule has 2 amide bonds. The molecule has 2 heterocycles. The molecule has 2 aliphatic heterocycles. The number of hydrogen-bond donors (Lipinski definition) is 2. The van der Waals surface area contributed by atoms with E-state index in [1.165, 1.54) is 0 Å². The van der Waals surface area contributed by atoms with Crippen LogP contribution in [0.15, 0.2) is 42.5 Å². The van der Waals surface area contributed by atoms with Gasteiger partial charge in [0, 0.05) is 35.8 Å². The van der Waals surface area contributed by atoms with Gasteiger partial charge in [-0.3, -0.25) is 9.59 Å². The Kier molecular flexibility index (Phi) is 6.92. The first-order valence-electron chi connectivity index (χ1n) is 12.0. The minimum absolute atomic E-state index is 0.0342. The van der Waals surface area contributed by atoms with E-state index < -0.39 is 0 Å². The van der Waals surface area contributed by atoms with Crippen molar-refractivity contribution >= 4 is 23.4 Å². The molecule has 2 N–H and O–H groups in total. The summed E-state index contributed by atoms with van der Waals surface area (Å²) in [7, 11) is 0. The van der Waals surface area contributed by atoms with E-state index in [1.807, 2.05) is 17.0 Å². The van der Waals surface area contributed by atoms with Crippen LogP contribution >= 0.6 is 11.6 Å². The topological polar surface area (TPSA) is 70.7 Å². The van der Waals surface area contributed by atoms with Crippen molar-refractivity contribution in [2.45, 2.75) is 70.5 Å². The predicted molar refractivity (Wildman–Crippen MR) is 135 cm³/mol. The molecule has 4 rings (SSSR count). The molecule has 0 spiro atoms. The minimum Gasteiger partial charge on any atom is -0.455 e. The highest BCUT2D eigenvalue weighted by atomic mass is 35.5. The molecule has 2 saturated heterocycles. The molecule has 0 radical (unpaired) electrons. The van der Waals surface area contributed by atoms with Gasteiger partial charge in [0.1, 0.15) is 11.5 Å². The van der Waals surface area contributed by atoms with Gasteiger partial charge in [0.05, 0.1) is 10.6 Å². The SMILES string of the molecule is CC1(C)CC(NC(=O)c2ccc(Oc3ccccc3C(=O)N3CCCC3)c(Cl)c2)CC(C)(C)N1. The van der Waals surface area contributed by atoms with Gasteiger partial charge in [-0.15, -0.1) is 0 Å². The van der Waals surface area contributed by atoms with Gasteiger partial charge in [0.2, 0.25) is 0 Å². The van der Waals surface area contributed by atoms with Crippen LogP contribution in [0, 0.1) is 0 Å². The largest absolute Gasteiger partial charge is 0.455 e. The number of carbonyl (C=O) groups is 2. The normalized spacial score (nSPS) is 19.6.